The third-order valence-electron chi connectivity index (χ3n) is 6.26. The average molecular weight is 425 g/mol. The van der Waals surface area contributed by atoms with Gasteiger partial charge in [-0.2, -0.15) is 0 Å². The molecule has 0 saturated carbocycles. The molecule has 0 aromatic rings. The van der Waals surface area contributed by atoms with Gasteiger partial charge in [0.25, 0.3) is 0 Å². The summed E-state index contributed by atoms with van der Waals surface area (Å²) in [7, 11) is 0. The maximum Gasteiger partial charge on any atom is 0.221 e. The van der Waals surface area contributed by atoms with Gasteiger partial charge < -0.3 is 5.32 Å². The van der Waals surface area contributed by atoms with Crippen molar-refractivity contribution in [3.8, 4) is 0 Å². The highest BCUT2D eigenvalue weighted by atomic mass is 16.1. The van der Waals surface area contributed by atoms with E-state index in [0.717, 1.165) is 25.9 Å². The maximum absolute atomic E-state index is 12.4. The summed E-state index contributed by atoms with van der Waals surface area (Å²) in [5.74, 6) is 0.253. The smallest absolute Gasteiger partial charge is 0.221 e. The molecule has 0 aliphatic rings. The molecule has 0 aromatic heterocycles. The largest absolute Gasteiger partial charge is 0.341 e. The lowest BCUT2D eigenvalue weighted by molar-refractivity contribution is -0.123. The zero-order valence-corrected chi connectivity index (χ0v) is 21.3. The first-order valence-corrected chi connectivity index (χ1v) is 13.7. The van der Waals surface area contributed by atoms with Gasteiger partial charge in [0.15, 0.2) is 0 Å². The van der Waals surface area contributed by atoms with E-state index in [1.54, 1.807) is 0 Å². The van der Waals surface area contributed by atoms with E-state index < -0.39 is 0 Å². The summed E-state index contributed by atoms with van der Waals surface area (Å²) >= 11 is 0. The van der Waals surface area contributed by atoms with Gasteiger partial charge in [-0.05, 0) is 25.7 Å². The number of rotatable bonds is 23. The lowest BCUT2D eigenvalue weighted by Crippen LogP contribution is -2.48. The fourth-order valence-corrected chi connectivity index (χ4v) is 4.16. The second-order valence-electron chi connectivity index (χ2n) is 9.23. The van der Waals surface area contributed by atoms with Crippen LogP contribution in [0.5, 0.6) is 0 Å². The number of unbranched alkanes of at least 4 members (excludes halogenated alkanes) is 14. The Balaban J connectivity index is 3.74. The molecule has 0 spiro atoms. The molecule has 3 nitrogen and oxygen atoms in total. The normalized spacial score (nSPS) is 12.4. The molecule has 0 aliphatic heterocycles. The van der Waals surface area contributed by atoms with Gasteiger partial charge in [-0.25, -0.2) is 0 Å². The van der Waals surface area contributed by atoms with Crippen molar-refractivity contribution >= 4 is 5.91 Å². The van der Waals surface area contributed by atoms with E-state index in [9.17, 15) is 4.79 Å². The number of carbonyl (C=O) groups is 1. The molecular weight excluding hydrogens is 368 g/mol. The number of nitrogens with one attached hydrogen (secondary N) is 1. The summed E-state index contributed by atoms with van der Waals surface area (Å²) in [6.45, 7) is 11.2. The number of hydrogen-bond donors (Lipinski definition) is 1. The van der Waals surface area contributed by atoms with Crippen molar-refractivity contribution in [1.29, 1.82) is 0 Å². The summed E-state index contributed by atoms with van der Waals surface area (Å²) in [5, 5.41) is 3.31. The van der Waals surface area contributed by atoms with Gasteiger partial charge in [-0.3, -0.25) is 9.69 Å². The highest BCUT2D eigenvalue weighted by molar-refractivity contribution is 5.76. The first kappa shape index (κ1) is 29.4. The van der Waals surface area contributed by atoms with Crippen LogP contribution < -0.4 is 5.32 Å². The van der Waals surface area contributed by atoms with Crippen LogP contribution in [0.3, 0.4) is 0 Å². The van der Waals surface area contributed by atoms with Crippen molar-refractivity contribution in [3.05, 3.63) is 0 Å². The molecule has 0 radical (unpaired) electrons. The Morgan fingerprint density at radius 2 is 1.00 bits per heavy atom. The van der Waals surface area contributed by atoms with Gasteiger partial charge in [0.1, 0.15) is 0 Å². The zero-order valence-electron chi connectivity index (χ0n) is 21.3. The molecule has 180 valence electrons. The van der Waals surface area contributed by atoms with Gasteiger partial charge in [-0.1, -0.05) is 118 Å². The Bertz CT molecular complexity index is 351. The second-order valence-corrected chi connectivity index (χ2v) is 9.23. The summed E-state index contributed by atoms with van der Waals surface area (Å²) in [6.07, 6.45) is 24.3. The molecule has 0 aliphatic carbocycles. The highest BCUT2D eigenvalue weighted by Crippen LogP contribution is 2.13. The maximum atomic E-state index is 12.4. The molecule has 30 heavy (non-hydrogen) atoms. The monoisotopic (exact) mass is 424 g/mol. The topological polar surface area (TPSA) is 32.3 Å². The van der Waals surface area contributed by atoms with Crippen molar-refractivity contribution < 1.29 is 4.79 Å². The number of hydrogen-bond acceptors (Lipinski definition) is 2. The Labute approximate surface area is 190 Å². The summed E-state index contributed by atoms with van der Waals surface area (Å²) in [4.78, 5) is 14.9. The van der Waals surface area contributed by atoms with Crippen molar-refractivity contribution in [2.75, 3.05) is 13.1 Å². The molecule has 0 saturated heterocycles. The highest BCUT2D eigenvalue weighted by Gasteiger charge is 2.17. The van der Waals surface area contributed by atoms with Crippen LogP contribution in [0, 0.1) is 0 Å². The SMILES string of the molecule is CCCCCCCCCCCCCCCC(=O)NC(CC)N(CCCC)CCCC. The minimum atomic E-state index is 0.220. The number of carbonyl (C=O) groups excluding carboxylic acids is 1. The standard InChI is InChI=1S/C27H56N2O/c1-5-9-12-13-14-15-16-17-18-19-20-21-22-23-27(30)28-26(8-4)29(24-10-6-2)25-11-7-3/h26H,5-25H2,1-4H3,(H,28,30). The van der Waals surface area contributed by atoms with Crippen LogP contribution in [-0.2, 0) is 4.79 Å². The first-order chi connectivity index (χ1) is 14.7. The lowest BCUT2D eigenvalue weighted by Gasteiger charge is -2.31. The van der Waals surface area contributed by atoms with Crippen LogP contribution in [-0.4, -0.2) is 30.1 Å². The fraction of sp³-hybridized carbons (Fsp3) is 0.963. The molecule has 0 bridgehead atoms. The van der Waals surface area contributed by atoms with Gasteiger partial charge in [0.2, 0.25) is 5.91 Å². The molecular formula is C27H56N2O. The van der Waals surface area contributed by atoms with Gasteiger partial charge in [-0.15, -0.1) is 0 Å². The molecule has 0 aromatic carbocycles. The molecule has 1 atom stereocenters. The first-order valence-electron chi connectivity index (χ1n) is 13.7. The predicted molar refractivity (Wildman–Crippen MR) is 134 cm³/mol. The van der Waals surface area contributed by atoms with Gasteiger partial charge in [0.05, 0.1) is 6.17 Å². The summed E-state index contributed by atoms with van der Waals surface area (Å²) in [6, 6.07) is 0. The summed E-state index contributed by atoms with van der Waals surface area (Å²) in [5.41, 5.74) is 0. The molecule has 0 fully saturated rings. The van der Waals surface area contributed by atoms with Gasteiger partial charge >= 0.3 is 0 Å². The number of nitrogens with zero attached hydrogens (tertiary/aromatic N) is 1. The van der Waals surface area contributed by atoms with Crippen LogP contribution in [0.1, 0.15) is 150 Å². The van der Waals surface area contributed by atoms with Crippen LogP contribution in [0.4, 0.5) is 0 Å². The van der Waals surface area contributed by atoms with Crippen molar-refractivity contribution in [2.24, 2.45) is 0 Å². The van der Waals surface area contributed by atoms with E-state index in [-0.39, 0.29) is 12.1 Å². The van der Waals surface area contributed by atoms with E-state index in [4.69, 9.17) is 0 Å². The molecule has 0 rings (SSSR count). The van der Waals surface area contributed by atoms with Crippen molar-refractivity contribution in [1.82, 2.24) is 10.2 Å². The third kappa shape index (κ3) is 18.2. The van der Waals surface area contributed by atoms with E-state index in [1.165, 1.54) is 103 Å². The van der Waals surface area contributed by atoms with E-state index >= 15 is 0 Å². The third-order valence-corrected chi connectivity index (χ3v) is 6.26. The minimum Gasteiger partial charge on any atom is -0.341 e. The quantitative estimate of drug-likeness (QED) is 0.132. The zero-order chi connectivity index (χ0) is 22.3. The minimum absolute atomic E-state index is 0.220. The van der Waals surface area contributed by atoms with Gasteiger partial charge in [0, 0.05) is 19.5 Å². The average Bonchev–Trinajstić information content (AvgIpc) is 2.75. The van der Waals surface area contributed by atoms with Crippen molar-refractivity contribution in [2.45, 2.75) is 156 Å². The molecule has 3 heteroatoms. The summed E-state index contributed by atoms with van der Waals surface area (Å²) < 4.78 is 0. The second kappa shape index (κ2) is 23.1. The lowest BCUT2D eigenvalue weighted by atomic mass is 10.0. The fourth-order valence-electron chi connectivity index (χ4n) is 4.16. The molecule has 1 unspecified atom stereocenters. The van der Waals surface area contributed by atoms with Crippen LogP contribution in [0.25, 0.3) is 0 Å². The van der Waals surface area contributed by atoms with Crippen LogP contribution in [0.2, 0.25) is 0 Å². The Morgan fingerprint density at radius 1 is 0.600 bits per heavy atom. The number of amides is 1. The van der Waals surface area contributed by atoms with E-state index in [1.807, 2.05) is 0 Å². The van der Waals surface area contributed by atoms with Crippen molar-refractivity contribution in [3.63, 3.8) is 0 Å². The molecule has 0 heterocycles. The predicted octanol–water partition coefficient (Wildman–Crippen LogP) is 8.22. The Hall–Kier alpha value is -0.570. The Morgan fingerprint density at radius 3 is 1.40 bits per heavy atom. The molecule has 1 amide bonds. The Kier molecular flexibility index (Phi) is 22.7. The van der Waals surface area contributed by atoms with Crippen LogP contribution >= 0.6 is 0 Å². The molecule has 1 N–H and O–H groups in total. The van der Waals surface area contributed by atoms with E-state index in [0.29, 0.717) is 6.42 Å². The van der Waals surface area contributed by atoms with E-state index in [2.05, 4.69) is 37.9 Å². The van der Waals surface area contributed by atoms with Crippen LogP contribution in [0.15, 0.2) is 0 Å².